The van der Waals surface area contributed by atoms with Crippen LogP contribution in [0.4, 0.5) is 5.69 Å². The summed E-state index contributed by atoms with van der Waals surface area (Å²) < 4.78 is 0. The van der Waals surface area contributed by atoms with E-state index in [4.69, 9.17) is 5.73 Å². The lowest BCUT2D eigenvalue weighted by Crippen LogP contribution is -2.18. The average molecular weight is 232 g/mol. The van der Waals surface area contributed by atoms with E-state index in [1.165, 1.54) is 11.3 Å². The summed E-state index contributed by atoms with van der Waals surface area (Å²) in [6.07, 6.45) is 0. The number of aryl methyl sites for hydroxylation is 1. The molecule has 0 saturated carbocycles. The number of rotatable bonds is 2. The van der Waals surface area contributed by atoms with Crippen LogP contribution in [0.2, 0.25) is 0 Å². The number of hydrogen-bond acceptors (Lipinski definition) is 3. The fourth-order valence-electron chi connectivity index (χ4n) is 0.844. The summed E-state index contributed by atoms with van der Waals surface area (Å²) in [6.45, 7) is 1.88. The van der Waals surface area contributed by atoms with E-state index in [0.29, 0.717) is 4.88 Å². The molecule has 0 aliphatic heterocycles. The second-order valence-corrected chi connectivity index (χ2v) is 4.48. The van der Waals surface area contributed by atoms with E-state index >= 15 is 0 Å². The van der Waals surface area contributed by atoms with E-state index in [1.807, 2.05) is 6.92 Å². The quantitative estimate of drug-likeness (QED) is 0.537. The van der Waals surface area contributed by atoms with E-state index in [9.17, 15) is 4.79 Å². The number of nitrogens with two attached hydrogens (primary N) is 1. The van der Waals surface area contributed by atoms with Crippen LogP contribution >= 0.6 is 36.2 Å². The Morgan fingerprint density at radius 3 is 2.77 bits per heavy atom. The molecular formula is C7H8N2OS3. The van der Waals surface area contributed by atoms with Crippen molar-refractivity contribution < 1.29 is 4.79 Å². The highest BCUT2D eigenvalue weighted by Crippen LogP contribution is 2.26. The van der Waals surface area contributed by atoms with Crippen molar-refractivity contribution in [1.29, 1.82) is 0 Å². The van der Waals surface area contributed by atoms with Gasteiger partial charge in [-0.1, -0.05) is 12.6 Å². The maximum Gasteiger partial charge on any atom is 0.226 e. The van der Waals surface area contributed by atoms with Crippen LogP contribution in [-0.2, 0) is 0 Å². The first-order valence-corrected chi connectivity index (χ1v) is 5.08. The molecule has 6 heteroatoms. The smallest absolute Gasteiger partial charge is 0.226 e. The van der Waals surface area contributed by atoms with E-state index in [1.54, 1.807) is 6.07 Å². The van der Waals surface area contributed by atoms with Crippen molar-refractivity contribution in [2.24, 2.45) is 5.73 Å². The zero-order chi connectivity index (χ0) is 10.0. The molecule has 70 valence electrons. The third kappa shape index (κ3) is 2.68. The summed E-state index contributed by atoms with van der Waals surface area (Å²) in [4.78, 5) is 12.4. The van der Waals surface area contributed by atoms with Gasteiger partial charge in [-0.3, -0.25) is 4.79 Å². The Labute approximate surface area is 90.7 Å². The van der Waals surface area contributed by atoms with Crippen LogP contribution in [0.25, 0.3) is 0 Å². The molecule has 0 fully saturated rings. The lowest BCUT2D eigenvalue weighted by atomic mass is 10.4. The number of nitrogens with one attached hydrogen (secondary N) is 1. The largest absolute Gasteiger partial charge is 0.376 e. The Kier molecular flexibility index (Phi) is 3.29. The van der Waals surface area contributed by atoms with Gasteiger partial charge in [0.15, 0.2) is 5.11 Å². The minimum atomic E-state index is -0.246. The lowest BCUT2D eigenvalue weighted by Gasteiger charge is -1.99. The Balaban J connectivity index is 2.96. The molecule has 0 aliphatic rings. The van der Waals surface area contributed by atoms with Crippen LogP contribution < -0.4 is 11.1 Å². The first-order valence-electron chi connectivity index (χ1n) is 3.41. The molecule has 0 aromatic carbocycles. The van der Waals surface area contributed by atoms with Gasteiger partial charge in [-0.2, -0.15) is 0 Å². The van der Waals surface area contributed by atoms with Gasteiger partial charge in [0, 0.05) is 4.88 Å². The van der Waals surface area contributed by atoms with E-state index in [0.717, 1.165) is 10.6 Å². The van der Waals surface area contributed by atoms with Crippen molar-refractivity contribution in [1.82, 2.24) is 0 Å². The molecule has 0 aliphatic carbocycles. The number of thiol groups is 1. The third-order valence-corrected chi connectivity index (χ3v) is 2.93. The van der Waals surface area contributed by atoms with Crippen molar-refractivity contribution in [3.05, 3.63) is 15.8 Å². The summed E-state index contributed by atoms with van der Waals surface area (Å²) in [5.74, 6) is 0. The van der Waals surface area contributed by atoms with Crippen LogP contribution in [0.3, 0.4) is 0 Å². The zero-order valence-electron chi connectivity index (χ0n) is 6.83. The summed E-state index contributed by atoms with van der Waals surface area (Å²) >= 11 is 9.76. The molecule has 3 N–H and O–H groups in total. The second-order valence-electron chi connectivity index (χ2n) is 2.37. The molecule has 1 heterocycles. The normalized spacial score (nSPS) is 9.69. The average Bonchev–Trinajstić information content (AvgIpc) is 2.31. The molecule has 0 atom stereocenters. The number of thiocarbonyl (C=S) groups is 1. The van der Waals surface area contributed by atoms with Gasteiger partial charge in [-0.25, -0.2) is 0 Å². The molecule has 0 unspecified atom stereocenters. The van der Waals surface area contributed by atoms with Crippen LogP contribution in [0, 0.1) is 6.92 Å². The Morgan fingerprint density at radius 2 is 2.38 bits per heavy atom. The highest BCUT2D eigenvalue weighted by Gasteiger charge is 2.09. The van der Waals surface area contributed by atoms with E-state index in [-0.39, 0.29) is 10.2 Å². The van der Waals surface area contributed by atoms with Crippen LogP contribution in [-0.4, -0.2) is 10.2 Å². The van der Waals surface area contributed by atoms with Crippen LogP contribution in [0.5, 0.6) is 0 Å². The minimum absolute atomic E-state index is 0.194. The van der Waals surface area contributed by atoms with Crippen molar-refractivity contribution in [3.8, 4) is 0 Å². The van der Waals surface area contributed by atoms with E-state index in [2.05, 4.69) is 30.2 Å². The molecule has 1 rings (SSSR count). The highest BCUT2D eigenvalue weighted by atomic mass is 32.1. The molecule has 0 radical (unpaired) electrons. The van der Waals surface area contributed by atoms with Gasteiger partial charge in [0.2, 0.25) is 5.12 Å². The highest BCUT2D eigenvalue weighted by molar-refractivity contribution is 7.97. The molecule has 0 bridgehead atoms. The summed E-state index contributed by atoms with van der Waals surface area (Å²) in [7, 11) is 0. The number of hydrogen-bond donors (Lipinski definition) is 3. The molecule has 13 heavy (non-hydrogen) atoms. The Bertz CT molecular complexity index is 359. The lowest BCUT2D eigenvalue weighted by molar-refractivity contribution is 0.109. The van der Waals surface area contributed by atoms with Gasteiger partial charge in [0.05, 0.1) is 10.6 Å². The topological polar surface area (TPSA) is 55.1 Å². The Hall–Kier alpha value is -0.590. The first-order chi connectivity index (χ1) is 6.00. The number of thiophene rings is 1. The molecule has 1 aromatic rings. The number of carbonyl (C=O) groups excluding carboxylic acids is 1. The minimum Gasteiger partial charge on any atom is -0.376 e. The summed E-state index contributed by atoms with van der Waals surface area (Å²) in [5.41, 5.74) is 6.07. The predicted octanol–water partition coefficient (Wildman–Crippen LogP) is 1.78. The number of carbonyl (C=O) groups is 1. The van der Waals surface area contributed by atoms with E-state index < -0.39 is 0 Å². The molecule has 1 aromatic heterocycles. The monoisotopic (exact) mass is 232 g/mol. The molecule has 0 saturated heterocycles. The van der Waals surface area contributed by atoms with Gasteiger partial charge in [0.25, 0.3) is 0 Å². The predicted molar refractivity (Wildman–Crippen MR) is 62.8 cm³/mol. The maximum absolute atomic E-state index is 10.9. The molecule has 3 nitrogen and oxygen atoms in total. The van der Waals surface area contributed by atoms with Crippen molar-refractivity contribution in [3.63, 3.8) is 0 Å². The van der Waals surface area contributed by atoms with Crippen molar-refractivity contribution in [2.75, 3.05) is 5.32 Å². The second kappa shape index (κ2) is 4.08. The van der Waals surface area contributed by atoms with Gasteiger partial charge in [0.1, 0.15) is 0 Å². The molecular weight excluding hydrogens is 224 g/mol. The fourth-order valence-corrected chi connectivity index (χ4v) is 1.97. The summed E-state index contributed by atoms with van der Waals surface area (Å²) in [6, 6.07) is 1.69. The molecule has 0 amide bonds. The Morgan fingerprint density at radius 1 is 1.77 bits per heavy atom. The summed E-state index contributed by atoms with van der Waals surface area (Å²) in [5, 5.41) is 2.73. The van der Waals surface area contributed by atoms with Crippen molar-refractivity contribution >= 4 is 52.1 Å². The number of anilines is 1. The van der Waals surface area contributed by atoms with Crippen molar-refractivity contribution in [2.45, 2.75) is 6.92 Å². The van der Waals surface area contributed by atoms with Gasteiger partial charge < -0.3 is 11.1 Å². The van der Waals surface area contributed by atoms with Crippen LogP contribution in [0.1, 0.15) is 14.5 Å². The first kappa shape index (κ1) is 10.5. The fraction of sp³-hybridized carbons (Fsp3) is 0.143. The third-order valence-electron chi connectivity index (χ3n) is 1.39. The standard InChI is InChI=1S/C7H8N2OS3/c1-3-4(9-7(8)12)2-5(13-3)6(10)11/h2H,1H3,(H,10,11)(H3,8,9,12). The van der Waals surface area contributed by atoms with Gasteiger partial charge >= 0.3 is 0 Å². The zero-order valence-corrected chi connectivity index (χ0v) is 9.35. The van der Waals surface area contributed by atoms with Gasteiger partial charge in [-0.15, -0.1) is 11.3 Å². The molecule has 0 spiro atoms. The maximum atomic E-state index is 10.9. The van der Waals surface area contributed by atoms with Crippen LogP contribution in [0.15, 0.2) is 6.07 Å². The van der Waals surface area contributed by atoms with Gasteiger partial charge in [-0.05, 0) is 25.2 Å². The SMILES string of the molecule is Cc1sc(C(=O)S)cc1NC(N)=S.